The van der Waals surface area contributed by atoms with E-state index in [-0.39, 0.29) is 5.41 Å². The van der Waals surface area contributed by atoms with Crippen LogP contribution in [0.5, 0.6) is 0 Å². The number of rotatable bonds is 6. The van der Waals surface area contributed by atoms with Crippen molar-refractivity contribution in [2.24, 2.45) is 5.92 Å². The largest absolute Gasteiger partial charge is 0.354 e. The molecule has 2 nitrogen and oxygen atoms in total. The van der Waals surface area contributed by atoms with E-state index in [0.717, 1.165) is 24.0 Å². The summed E-state index contributed by atoms with van der Waals surface area (Å²) in [7, 11) is 0. The highest BCUT2D eigenvalue weighted by Crippen LogP contribution is 2.33. The van der Waals surface area contributed by atoms with E-state index in [2.05, 4.69) is 51.7 Å². The fourth-order valence-corrected chi connectivity index (χ4v) is 2.60. The Bertz CT molecular complexity index is 473. The Morgan fingerprint density at radius 2 is 1.95 bits per heavy atom. The molecule has 21 heavy (non-hydrogen) atoms. The fourth-order valence-electron chi connectivity index (χ4n) is 2.45. The van der Waals surface area contributed by atoms with Gasteiger partial charge in [-0.3, -0.25) is 0 Å². The number of aromatic nitrogens is 1. The molecule has 2 rings (SSSR count). The van der Waals surface area contributed by atoms with Gasteiger partial charge in [-0.2, -0.15) is 0 Å². The topological polar surface area (TPSA) is 16.1 Å². The Labute approximate surface area is 134 Å². The lowest BCUT2D eigenvalue weighted by Crippen LogP contribution is -2.29. The van der Waals surface area contributed by atoms with Crippen LogP contribution in [0.1, 0.15) is 65.1 Å². The van der Waals surface area contributed by atoms with Gasteiger partial charge in [0.05, 0.1) is 0 Å². The molecule has 0 atom stereocenters. The smallest absolute Gasteiger partial charge is 0.129 e. The molecule has 0 N–H and O–H groups in total. The molecule has 0 spiro atoms. The normalized spacial score (nSPS) is 15.6. The lowest BCUT2D eigenvalue weighted by Gasteiger charge is -2.27. The van der Waals surface area contributed by atoms with E-state index in [0.29, 0.717) is 11.9 Å². The summed E-state index contributed by atoms with van der Waals surface area (Å²) in [6, 6.07) is 5.03. The zero-order valence-electron chi connectivity index (χ0n) is 14.1. The quantitative estimate of drug-likeness (QED) is 0.677. The second kappa shape index (κ2) is 6.56. The Morgan fingerprint density at radius 1 is 1.29 bits per heavy atom. The Hall–Kier alpha value is -0.760. The number of hydrogen-bond donors (Lipinski definition) is 0. The van der Waals surface area contributed by atoms with Gasteiger partial charge in [0.15, 0.2) is 0 Å². The summed E-state index contributed by atoms with van der Waals surface area (Å²) in [6.07, 6.45) is 3.82. The van der Waals surface area contributed by atoms with Crippen LogP contribution < -0.4 is 4.90 Å². The minimum atomic E-state index is 0.0596. The van der Waals surface area contributed by atoms with E-state index in [1.165, 1.54) is 24.8 Å². The molecule has 0 amide bonds. The first-order valence-corrected chi connectivity index (χ1v) is 8.68. The van der Waals surface area contributed by atoms with E-state index in [9.17, 15) is 0 Å². The molecule has 1 heterocycles. The first kappa shape index (κ1) is 16.6. The van der Waals surface area contributed by atoms with Crippen molar-refractivity contribution in [1.29, 1.82) is 0 Å². The molecule has 1 fully saturated rings. The minimum absolute atomic E-state index is 0.0596. The SMILES string of the molecule is CC(C)CCN(c1cc(CCl)cc(C(C)(C)C)n1)C1CC1. The van der Waals surface area contributed by atoms with Gasteiger partial charge in [-0.1, -0.05) is 34.6 Å². The number of halogens is 1. The molecule has 0 aliphatic heterocycles. The average molecular weight is 309 g/mol. The Kier molecular flexibility index (Phi) is 5.19. The van der Waals surface area contributed by atoms with Crippen molar-refractivity contribution in [3.05, 3.63) is 23.4 Å². The van der Waals surface area contributed by atoms with E-state index >= 15 is 0 Å². The number of anilines is 1. The zero-order valence-corrected chi connectivity index (χ0v) is 14.9. The summed E-state index contributed by atoms with van der Waals surface area (Å²) in [5.74, 6) is 2.41. The van der Waals surface area contributed by atoms with Gasteiger partial charge in [0.1, 0.15) is 5.82 Å². The molecule has 118 valence electrons. The van der Waals surface area contributed by atoms with Crippen LogP contribution in [0.2, 0.25) is 0 Å². The van der Waals surface area contributed by atoms with E-state index in [4.69, 9.17) is 16.6 Å². The predicted octanol–water partition coefficient (Wildman–Crippen LogP) is 5.13. The van der Waals surface area contributed by atoms with Gasteiger partial charge >= 0.3 is 0 Å². The maximum Gasteiger partial charge on any atom is 0.129 e. The van der Waals surface area contributed by atoms with Crippen molar-refractivity contribution in [2.45, 2.75) is 71.2 Å². The maximum atomic E-state index is 6.10. The molecule has 0 unspecified atom stereocenters. The van der Waals surface area contributed by atoms with E-state index in [1.54, 1.807) is 0 Å². The third-order valence-corrected chi connectivity index (χ3v) is 4.33. The highest BCUT2D eigenvalue weighted by molar-refractivity contribution is 6.17. The van der Waals surface area contributed by atoms with Crippen LogP contribution in [-0.4, -0.2) is 17.6 Å². The summed E-state index contributed by atoms with van der Waals surface area (Å²) in [5, 5.41) is 0. The molecular formula is C18H29ClN2. The summed E-state index contributed by atoms with van der Waals surface area (Å²) < 4.78 is 0. The summed E-state index contributed by atoms with van der Waals surface area (Å²) in [5.41, 5.74) is 2.39. The first-order chi connectivity index (χ1) is 9.81. The first-order valence-electron chi connectivity index (χ1n) is 8.15. The molecule has 3 heteroatoms. The van der Waals surface area contributed by atoms with Gasteiger partial charge in [0, 0.05) is 29.6 Å². The van der Waals surface area contributed by atoms with Gasteiger partial charge in [-0.15, -0.1) is 11.6 Å². The standard InChI is InChI=1S/C18H29ClN2/c1-13(2)8-9-21(15-6-7-15)17-11-14(12-19)10-16(20-17)18(3,4)5/h10-11,13,15H,6-9,12H2,1-5H3. The molecule has 0 radical (unpaired) electrons. The van der Waals surface area contributed by atoms with Crippen LogP contribution in [-0.2, 0) is 11.3 Å². The van der Waals surface area contributed by atoms with Crippen LogP contribution >= 0.6 is 11.6 Å². The molecule has 0 saturated heterocycles. The molecule has 1 aromatic heterocycles. The van der Waals surface area contributed by atoms with Gasteiger partial charge in [0.25, 0.3) is 0 Å². The highest BCUT2D eigenvalue weighted by atomic mass is 35.5. The van der Waals surface area contributed by atoms with Gasteiger partial charge < -0.3 is 4.90 Å². The van der Waals surface area contributed by atoms with E-state index < -0.39 is 0 Å². The molecule has 1 saturated carbocycles. The minimum Gasteiger partial charge on any atom is -0.354 e. The van der Waals surface area contributed by atoms with Crippen LogP contribution in [0.15, 0.2) is 12.1 Å². The van der Waals surface area contributed by atoms with Crippen LogP contribution in [0, 0.1) is 5.92 Å². The summed E-state index contributed by atoms with van der Waals surface area (Å²) >= 11 is 6.10. The molecule has 0 aromatic carbocycles. The van der Waals surface area contributed by atoms with Crippen molar-refractivity contribution in [3.63, 3.8) is 0 Å². The third-order valence-electron chi connectivity index (χ3n) is 4.02. The van der Waals surface area contributed by atoms with Crippen molar-refractivity contribution in [1.82, 2.24) is 4.98 Å². The van der Waals surface area contributed by atoms with Crippen molar-refractivity contribution >= 4 is 17.4 Å². The van der Waals surface area contributed by atoms with E-state index in [1.807, 2.05) is 0 Å². The Morgan fingerprint density at radius 3 is 2.43 bits per heavy atom. The molecule has 0 bridgehead atoms. The van der Waals surface area contributed by atoms with Crippen molar-refractivity contribution in [2.75, 3.05) is 11.4 Å². The summed E-state index contributed by atoms with van der Waals surface area (Å²) in [6.45, 7) is 12.3. The monoisotopic (exact) mass is 308 g/mol. The molecule has 1 aromatic rings. The molecule has 1 aliphatic carbocycles. The number of hydrogen-bond acceptors (Lipinski definition) is 2. The van der Waals surface area contributed by atoms with Crippen LogP contribution in [0.4, 0.5) is 5.82 Å². The zero-order chi connectivity index (χ0) is 15.6. The number of alkyl halides is 1. The number of nitrogens with zero attached hydrogens (tertiary/aromatic N) is 2. The second-order valence-corrected chi connectivity index (χ2v) is 7.98. The predicted molar refractivity (Wildman–Crippen MR) is 92.3 cm³/mol. The maximum absolute atomic E-state index is 6.10. The van der Waals surface area contributed by atoms with Crippen molar-refractivity contribution < 1.29 is 0 Å². The van der Waals surface area contributed by atoms with Gasteiger partial charge in [0.2, 0.25) is 0 Å². The number of pyridine rings is 1. The average Bonchev–Trinajstić information content (AvgIpc) is 3.22. The lowest BCUT2D eigenvalue weighted by molar-refractivity contribution is 0.554. The molecular weight excluding hydrogens is 280 g/mol. The third kappa shape index (κ3) is 4.60. The van der Waals surface area contributed by atoms with Gasteiger partial charge in [-0.05, 0) is 42.9 Å². The molecule has 1 aliphatic rings. The van der Waals surface area contributed by atoms with Crippen LogP contribution in [0.25, 0.3) is 0 Å². The second-order valence-electron chi connectivity index (χ2n) is 7.71. The van der Waals surface area contributed by atoms with Gasteiger partial charge in [-0.25, -0.2) is 4.98 Å². The fraction of sp³-hybridized carbons (Fsp3) is 0.722. The Balaban J connectivity index is 2.30. The lowest BCUT2D eigenvalue weighted by atomic mass is 9.91. The summed E-state index contributed by atoms with van der Waals surface area (Å²) in [4.78, 5) is 7.46. The highest BCUT2D eigenvalue weighted by Gasteiger charge is 2.30. The van der Waals surface area contributed by atoms with Crippen molar-refractivity contribution in [3.8, 4) is 0 Å². The van der Waals surface area contributed by atoms with Crippen LogP contribution in [0.3, 0.4) is 0 Å².